The minimum atomic E-state index is -0.188. The lowest BCUT2D eigenvalue weighted by Gasteiger charge is -2.23. The first-order chi connectivity index (χ1) is 11.2. The van der Waals surface area contributed by atoms with E-state index in [1.807, 2.05) is 18.2 Å². The van der Waals surface area contributed by atoms with Gasteiger partial charge in [-0.05, 0) is 25.0 Å². The van der Waals surface area contributed by atoms with Crippen LogP contribution in [0, 0.1) is 5.92 Å². The van der Waals surface area contributed by atoms with E-state index in [0.717, 1.165) is 24.8 Å². The number of hydrogen-bond donors (Lipinski definition) is 0. The van der Waals surface area contributed by atoms with E-state index < -0.39 is 0 Å². The highest BCUT2D eigenvalue weighted by molar-refractivity contribution is 5.74. The quantitative estimate of drug-likeness (QED) is 0.541. The van der Waals surface area contributed by atoms with Gasteiger partial charge in [-0.3, -0.25) is 4.79 Å². The topological polar surface area (TPSA) is 63.2 Å². The molecule has 1 aliphatic rings. The highest BCUT2D eigenvalue weighted by atomic mass is 16.7. The molecular formula is C17H24O6. The summed E-state index contributed by atoms with van der Waals surface area (Å²) >= 11 is 0. The summed E-state index contributed by atoms with van der Waals surface area (Å²) < 4.78 is 26.3. The summed E-state index contributed by atoms with van der Waals surface area (Å²) in [5, 5.41) is 0. The molecule has 0 aliphatic heterocycles. The van der Waals surface area contributed by atoms with Crippen molar-refractivity contribution in [3.63, 3.8) is 0 Å². The molecule has 0 amide bonds. The van der Waals surface area contributed by atoms with Crippen molar-refractivity contribution in [2.24, 2.45) is 5.92 Å². The molecule has 1 fully saturated rings. The van der Waals surface area contributed by atoms with Gasteiger partial charge in [0.1, 0.15) is 11.5 Å². The average Bonchev–Trinajstić information content (AvgIpc) is 3.06. The molecule has 0 aromatic heterocycles. The Kier molecular flexibility index (Phi) is 6.67. The highest BCUT2D eigenvalue weighted by Gasteiger charge is 2.38. The number of benzene rings is 1. The van der Waals surface area contributed by atoms with Crippen LogP contribution in [0.2, 0.25) is 0 Å². The second-order valence-electron chi connectivity index (χ2n) is 5.44. The lowest BCUT2D eigenvalue weighted by atomic mass is 9.87. The van der Waals surface area contributed by atoms with Crippen molar-refractivity contribution >= 4 is 5.97 Å². The van der Waals surface area contributed by atoms with Gasteiger partial charge in [-0.15, -0.1) is 0 Å². The maximum absolute atomic E-state index is 12.1. The Bertz CT molecular complexity index is 490. The lowest BCUT2D eigenvalue weighted by molar-refractivity contribution is -0.145. The molecule has 0 spiro atoms. The van der Waals surface area contributed by atoms with E-state index in [1.165, 1.54) is 7.11 Å². The Morgan fingerprint density at radius 2 is 1.65 bits per heavy atom. The molecular weight excluding hydrogens is 300 g/mol. The van der Waals surface area contributed by atoms with Gasteiger partial charge in [-0.1, -0.05) is 12.5 Å². The van der Waals surface area contributed by atoms with Gasteiger partial charge in [0.05, 0.1) is 13.0 Å². The zero-order valence-corrected chi connectivity index (χ0v) is 13.9. The zero-order valence-electron chi connectivity index (χ0n) is 13.9. The van der Waals surface area contributed by atoms with Crippen LogP contribution in [0.3, 0.4) is 0 Å². The summed E-state index contributed by atoms with van der Waals surface area (Å²) in [6.07, 6.45) is 2.66. The van der Waals surface area contributed by atoms with Crippen LogP contribution in [0.4, 0.5) is 0 Å². The molecule has 6 nitrogen and oxygen atoms in total. The van der Waals surface area contributed by atoms with Crippen LogP contribution in [0.1, 0.15) is 30.7 Å². The Morgan fingerprint density at radius 3 is 2.17 bits per heavy atom. The number of ether oxygens (including phenoxy) is 5. The fourth-order valence-corrected chi connectivity index (χ4v) is 3.12. The number of rotatable bonds is 8. The zero-order chi connectivity index (χ0) is 16.7. The molecule has 0 bridgehead atoms. The Labute approximate surface area is 136 Å². The maximum Gasteiger partial charge on any atom is 0.309 e. The SMILES string of the molecule is COCOc1cccc(OCOC)c1[C@H]1CCC[C@H]1C(=O)OC. The predicted octanol–water partition coefficient (Wildman–Crippen LogP) is 2.71. The summed E-state index contributed by atoms with van der Waals surface area (Å²) in [5.74, 6) is 0.966. The second-order valence-corrected chi connectivity index (χ2v) is 5.44. The summed E-state index contributed by atoms with van der Waals surface area (Å²) in [5.41, 5.74) is 0.884. The van der Waals surface area contributed by atoms with Crippen LogP contribution < -0.4 is 9.47 Å². The third-order valence-corrected chi connectivity index (χ3v) is 4.08. The summed E-state index contributed by atoms with van der Waals surface area (Å²) in [6.45, 7) is 0.271. The molecule has 0 radical (unpaired) electrons. The van der Waals surface area contributed by atoms with Gasteiger partial charge in [0, 0.05) is 25.7 Å². The smallest absolute Gasteiger partial charge is 0.309 e. The first-order valence-electron chi connectivity index (χ1n) is 7.67. The second kappa shape index (κ2) is 8.74. The van der Waals surface area contributed by atoms with Crippen molar-refractivity contribution in [1.29, 1.82) is 0 Å². The highest BCUT2D eigenvalue weighted by Crippen LogP contribution is 2.47. The maximum atomic E-state index is 12.1. The molecule has 1 aromatic carbocycles. The number of esters is 1. The molecule has 6 heteroatoms. The van der Waals surface area contributed by atoms with Crippen LogP contribution in [-0.2, 0) is 19.0 Å². The van der Waals surface area contributed by atoms with E-state index in [1.54, 1.807) is 14.2 Å². The van der Waals surface area contributed by atoms with E-state index in [-0.39, 0.29) is 31.4 Å². The molecule has 2 rings (SSSR count). The number of carbonyl (C=O) groups is 1. The normalized spacial score (nSPS) is 20.3. The number of hydrogen-bond acceptors (Lipinski definition) is 6. The minimum absolute atomic E-state index is 0.00219. The molecule has 0 heterocycles. The molecule has 0 N–H and O–H groups in total. The van der Waals surface area contributed by atoms with Gasteiger partial charge in [0.25, 0.3) is 0 Å². The minimum Gasteiger partial charge on any atom is -0.469 e. The molecule has 1 aromatic rings. The van der Waals surface area contributed by atoms with E-state index in [4.69, 9.17) is 23.7 Å². The Hall–Kier alpha value is -1.79. The largest absolute Gasteiger partial charge is 0.469 e. The van der Waals surface area contributed by atoms with Gasteiger partial charge in [-0.2, -0.15) is 0 Å². The van der Waals surface area contributed by atoms with Crippen molar-refractivity contribution in [2.75, 3.05) is 34.9 Å². The predicted molar refractivity (Wildman–Crippen MR) is 83.5 cm³/mol. The van der Waals surface area contributed by atoms with Crippen molar-refractivity contribution in [2.45, 2.75) is 25.2 Å². The van der Waals surface area contributed by atoms with Crippen LogP contribution in [0.15, 0.2) is 18.2 Å². The van der Waals surface area contributed by atoms with E-state index >= 15 is 0 Å². The molecule has 2 atom stereocenters. The van der Waals surface area contributed by atoms with Crippen LogP contribution in [-0.4, -0.2) is 40.9 Å². The molecule has 1 aliphatic carbocycles. The fraction of sp³-hybridized carbons (Fsp3) is 0.588. The molecule has 128 valence electrons. The van der Waals surface area contributed by atoms with Crippen molar-refractivity contribution in [3.05, 3.63) is 23.8 Å². The van der Waals surface area contributed by atoms with Crippen molar-refractivity contribution in [1.82, 2.24) is 0 Å². The van der Waals surface area contributed by atoms with E-state index in [2.05, 4.69) is 0 Å². The van der Waals surface area contributed by atoms with Gasteiger partial charge in [0.15, 0.2) is 13.6 Å². The monoisotopic (exact) mass is 324 g/mol. The third kappa shape index (κ3) is 4.14. The first kappa shape index (κ1) is 17.6. The summed E-state index contributed by atoms with van der Waals surface area (Å²) in [4.78, 5) is 12.1. The number of carbonyl (C=O) groups excluding carboxylic acids is 1. The van der Waals surface area contributed by atoms with E-state index in [9.17, 15) is 4.79 Å². The van der Waals surface area contributed by atoms with Crippen LogP contribution in [0.5, 0.6) is 11.5 Å². The molecule has 23 heavy (non-hydrogen) atoms. The molecule has 0 unspecified atom stereocenters. The molecule has 1 saturated carbocycles. The van der Waals surface area contributed by atoms with Gasteiger partial charge in [0.2, 0.25) is 0 Å². The van der Waals surface area contributed by atoms with E-state index in [0.29, 0.717) is 11.5 Å². The fourth-order valence-electron chi connectivity index (χ4n) is 3.12. The average molecular weight is 324 g/mol. The van der Waals surface area contributed by atoms with Crippen LogP contribution >= 0.6 is 0 Å². The Balaban J connectivity index is 2.37. The molecule has 0 saturated heterocycles. The van der Waals surface area contributed by atoms with Crippen molar-refractivity contribution in [3.8, 4) is 11.5 Å². The summed E-state index contributed by atoms with van der Waals surface area (Å²) in [7, 11) is 4.56. The third-order valence-electron chi connectivity index (χ3n) is 4.08. The van der Waals surface area contributed by atoms with Gasteiger partial charge < -0.3 is 23.7 Å². The van der Waals surface area contributed by atoms with Crippen molar-refractivity contribution < 1.29 is 28.5 Å². The van der Waals surface area contributed by atoms with Crippen LogP contribution in [0.25, 0.3) is 0 Å². The Morgan fingerprint density at radius 1 is 1.04 bits per heavy atom. The lowest BCUT2D eigenvalue weighted by Crippen LogP contribution is -2.20. The van der Waals surface area contributed by atoms with Gasteiger partial charge >= 0.3 is 5.97 Å². The standard InChI is InChI=1S/C17H24O6/c1-19-10-22-14-8-5-9-15(23-11-20-2)16(14)12-6-4-7-13(12)17(18)21-3/h5,8-9,12-13H,4,6-7,10-11H2,1-3H3/t12-,13+/m0/s1. The van der Waals surface area contributed by atoms with Gasteiger partial charge in [-0.25, -0.2) is 0 Å². The summed E-state index contributed by atoms with van der Waals surface area (Å²) in [6, 6.07) is 5.57. The number of methoxy groups -OCH3 is 3. The first-order valence-corrected chi connectivity index (χ1v) is 7.67.